The van der Waals surface area contributed by atoms with Crippen molar-refractivity contribution in [3.8, 4) is 0 Å². The van der Waals surface area contributed by atoms with E-state index in [1.54, 1.807) is 0 Å². The highest BCUT2D eigenvalue weighted by Gasteiger charge is 2.03. The molecule has 1 atom stereocenters. The van der Waals surface area contributed by atoms with Crippen molar-refractivity contribution in [1.29, 1.82) is 0 Å². The lowest BCUT2D eigenvalue weighted by atomic mass is 10.2. The fraction of sp³-hybridized carbons (Fsp3) is 0.571. The van der Waals surface area contributed by atoms with E-state index in [1.165, 1.54) is 12.7 Å². The molecule has 1 N–H and O–H groups in total. The number of aromatic nitrogens is 3. The van der Waals surface area contributed by atoms with Crippen molar-refractivity contribution in [2.24, 2.45) is 0 Å². The van der Waals surface area contributed by atoms with Gasteiger partial charge in [-0.05, 0) is 6.42 Å². The first kappa shape index (κ1) is 8.07. The molecule has 1 aromatic heterocycles. The van der Waals surface area contributed by atoms with E-state index < -0.39 is 0 Å². The minimum absolute atomic E-state index is 0.336. The van der Waals surface area contributed by atoms with Gasteiger partial charge in [-0.25, -0.2) is 15.0 Å². The molecular formula is C7H11N3O. The lowest BCUT2D eigenvalue weighted by Gasteiger charge is -2.03. The Kier molecular flexibility index (Phi) is 2.92. The zero-order valence-electron chi connectivity index (χ0n) is 6.44. The Labute approximate surface area is 65.3 Å². The summed E-state index contributed by atoms with van der Waals surface area (Å²) in [5, 5.41) is 9.21. The van der Waals surface area contributed by atoms with E-state index >= 15 is 0 Å². The molecule has 1 heterocycles. The van der Waals surface area contributed by atoms with E-state index in [0.717, 1.165) is 6.42 Å². The summed E-state index contributed by atoms with van der Waals surface area (Å²) in [6.07, 6.45) is 3.78. The van der Waals surface area contributed by atoms with Gasteiger partial charge in [-0.15, -0.1) is 0 Å². The zero-order chi connectivity index (χ0) is 8.10. The highest BCUT2D eigenvalue weighted by atomic mass is 16.3. The second kappa shape index (κ2) is 3.98. The Morgan fingerprint density at radius 3 is 2.64 bits per heavy atom. The molecule has 1 rings (SSSR count). The van der Waals surface area contributed by atoms with E-state index in [1.807, 2.05) is 6.92 Å². The van der Waals surface area contributed by atoms with Gasteiger partial charge in [0.2, 0.25) is 0 Å². The van der Waals surface area contributed by atoms with Crippen LogP contribution in [0, 0.1) is 0 Å². The first-order chi connectivity index (χ1) is 5.33. The molecule has 4 heteroatoms. The van der Waals surface area contributed by atoms with Crippen LogP contribution in [-0.2, 0) is 6.42 Å². The third-order valence-electron chi connectivity index (χ3n) is 1.44. The number of aliphatic hydroxyl groups is 1. The van der Waals surface area contributed by atoms with Crippen LogP contribution in [0.3, 0.4) is 0 Å². The molecule has 0 amide bonds. The molecular weight excluding hydrogens is 142 g/mol. The number of hydrogen-bond donors (Lipinski definition) is 1. The van der Waals surface area contributed by atoms with Gasteiger partial charge in [0, 0.05) is 6.42 Å². The predicted octanol–water partition coefficient (Wildman–Crippen LogP) is 0.185. The summed E-state index contributed by atoms with van der Waals surface area (Å²) in [5.74, 6) is 0.648. The van der Waals surface area contributed by atoms with Crippen molar-refractivity contribution in [2.45, 2.75) is 25.9 Å². The minimum atomic E-state index is -0.336. The van der Waals surface area contributed by atoms with Crippen molar-refractivity contribution in [1.82, 2.24) is 15.0 Å². The molecule has 0 bridgehead atoms. The van der Waals surface area contributed by atoms with Crippen molar-refractivity contribution in [2.75, 3.05) is 0 Å². The van der Waals surface area contributed by atoms with Gasteiger partial charge < -0.3 is 5.11 Å². The molecule has 0 radical (unpaired) electrons. The minimum Gasteiger partial charge on any atom is -0.393 e. The van der Waals surface area contributed by atoms with Crippen molar-refractivity contribution in [3.63, 3.8) is 0 Å². The molecule has 0 aliphatic heterocycles. The van der Waals surface area contributed by atoms with Crippen LogP contribution in [0.4, 0.5) is 0 Å². The summed E-state index contributed by atoms with van der Waals surface area (Å²) >= 11 is 0. The fourth-order valence-corrected chi connectivity index (χ4v) is 0.724. The highest BCUT2D eigenvalue weighted by Crippen LogP contribution is 1.97. The van der Waals surface area contributed by atoms with Gasteiger partial charge in [-0.3, -0.25) is 0 Å². The molecule has 60 valence electrons. The molecule has 0 spiro atoms. The average Bonchev–Trinajstić information content (AvgIpc) is 2.06. The van der Waals surface area contributed by atoms with E-state index in [2.05, 4.69) is 15.0 Å². The van der Waals surface area contributed by atoms with Gasteiger partial charge in [-0.1, -0.05) is 6.92 Å². The maximum Gasteiger partial charge on any atom is 0.134 e. The lowest BCUT2D eigenvalue weighted by Crippen LogP contribution is -2.11. The van der Waals surface area contributed by atoms with Gasteiger partial charge in [0.15, 0.2) is 0 Å². The maximum absolute atomic E-state index is 9.21. The Morgan fingerprint density at radius 2 is 2.09 bits per heavy atom. The molecule has 0 saturated carbocycles. The standard InChI is InChI=1S/C7H11N3O/c1-2-6(11)3-7-9-4-8-5-10-7/h4-6,11H,2-3H2,1H3. The molecule has 1 unspecified atom stereocenters. The second-order valence-corrected chi connectivity index (χ2v) is 2.32. The lowest BCUT2D eigenvalue weighted by molar-refractivity contribution is 0.168. The molecule has 0 fully saturated rings. The number of nitrogens with zero attached hydrogens (tertiary/aromatic N) is 3. The summed E-state index contributed by atoms with van der Waals surface area (Å²) in [6, 6.07) is 0. The number of aliphatic hydroxyl groups excluding tert-OH is 1. The first-order valence-corrected chi connectivity index (χ1v) is 3.62. The van der Waals surface area contributed by atoms with Crippen LogP contribution in [0.2, 0.25) is 0 Å². The van der Waals surface area contributed by atoms with E-state index in [4.69, 9.17) is 0 Å². The monoisotopic (exact) mass is 153 g/mol. The molecule has 4 nitrogen and oxygen atoms in total. The van der Waals surface area contributed by atoms with Crippen LogP contribution in [0.15, 0.2) is 12.7 Å². The second-order valence-electron chi connectivity index (χ2n) is 2.32. The summed E-state index contributed by atoms with van der Waals surface area (Å²) in [4.78, 5) is 11.4. The van der Waals surface area contributed by atoms with Crippen molar-refractivity contribution in [3.05, 3.63) is 18.5 Å². The van der Waals surface area contributed by atoms with Crippen LogP contribution in [0.25, 0.3) is 0 Å². The Bertz CT molecular complexity index is 202. The van der Waals surface area contributed by atoms with Gasteiger partial charge in [0.05, 0.1) is 6.10 Å². The predicted molar refractivity (Wildman–Crippen MR) is 39.8 cm³/mol. The van der Waals surface area contributed by atoms with Gasteiger partial charge in [0.1, 0.15) is 18.5 Å². The summed E-state index contributed by atoms with van der Waals surface area (Å²) in [6.45, 7) is 1.92. The van der Waals surface area contributed by atoms with Crippen LogP contribution in [0.1, 0.15) is 19.2 Å². The SMILES string of the molecule is CCC(O)Cc1ncncn1. The molecule has 0 aliphatic carbocycles. The quantitative estimate of drug-likeness (QED) is 0.673. The maximum atomic E-state index is 9.21. The topological polar surface area (TPSA) is 58.9 Å². The van der Waals surface area contributed by atoms with Crippen LogP contribution in [0.5, 0.6) is 0 Å². The Balaban J connectivity index is 2.51. The van der Waals surface area contributed by atoms with Gasteiger partial charge >= 0.3 is 0 Å². The third kappa shape index (κ3) is 2.59. The summed E-state index contributed by atoms with van der Waals surface area (Å²) in [7, 11) is 0. The Hall–Kier alpha value is -1.03. The molecule has 11 heavy (non-hydrogen) atoms. The van der Waals surface area contributed by atoms with Crippen molar-refractivity contribution < 1.29 is 5.11 Å². The third-order valence-corrected chi connectivity index (χ3v) is 1.44. The Morgan fingerprint density at radius 1 is 1.45 bits per heavy atom. The fourth-order valence-electron chi connectivity index (χ4n) is 0.724. The van der Waals surface area contributed by atoms with Gasteiger partial charge in [0.25, 0.3) is 0 Å². The van der Waals surface area contributed by atoms with Crippen LogP contribution in [-0.4, -0.2) is 26.2 Å². The summed E-state index contributed by atoms with van der Waals surface area (Å²) in [5.41, 5.74) is 0. The van der Waals surface area contributed by atoms with Crippen LogP contribution >= 0.6 is 0 Å². The average molecular weight is 153 g/mol. The largest absolute Gasteiger partial charge is 0.393 e. The molecule has 1 aromatic rings. The number of hydrogen-bond acceptors (Lipinski definition) is 4. The highest BCUT2D eigenvalue weighted by molar-refractivity contribution is 4.83. The van der Waals surface area contributed by atoms with Gasteiger partial charge in [-0.2, -0.15) is 0 Å². The van der Waals surface area contributed by atoms with E-state index in [9.17, 15) is 5.11 Å². The van der Waals surface area contributed by atoms with Crippen molar-refractivity contribution >= 4 is 0 Å². The van der Waals surface area contributed by atoms with Crippen LogP contribution < -0.4 is 0 Å². The molecule has 0 saturated heterocycles. The molecule has 0 aliphatic rings. The van der Waals surface area contributed by atoms with E-state index in [-0.39, 0.29) is 6.10 Å². The van der Waals surface area contributed by atoms with E-state index in [0.29, 0.717) is 12.2 Å². The normalized spacial score (nSPS) is 12.9. The zero-order valence-corrected chi connectivity index (χ0v) is 6.44. The molecule has 0 aromatic carbocycles. The smallest absolute Gasteiger partial charge is 0.134 e. The summed E-state index contributed by atoms with van der Waals surface area (Å²) < 4.78 is 0. The number of rotatable bonds is 3. The first-order valence-electron chi connectivity index (χ1n) is 3.62.